The van der Waals surface area contributed by atoms with E-state index >= 15 is 0 Å². The first-order chi connectivity index (χ1) is 8.28. The number of benzene rings is 1. The first-order valence-electron chi connectivity index (χ1n) is 5.79. The summed E-state index contributed by atoms with van der Waals surface area (Å²) in [5.74, 6) is 0. The van der Waals surface area contributed by atoms with E-state index in [1.807, 2.05) is 31.2 Å². The molecule has 0 spiro atoms. The molecule has 98 valence electrons. The average molecular weight is 249 g/mol. The van der Waals surface area contributed by atoms with Gasteiger partial charge in [0.05, 0.1) is 5.71 Å². The molecular weight excluding hydrogens is 230 g/mol. The van der Waals surface area contributed by atoms with Crippen molar-refractivity contribution in [1.82, 2.24) is 0 Å². The zero-order valence-electron chi connectivity index (χ0n) is 11.5. The minimum atomic E-state index is -0.797. The standard InChI is InChI=1S/C14H19NO3/c1-10-6-8-12(9-7-10)11(2)15-18-13(16)17-14(3,4)5/h6-9H,1-5H3/b15-11+. The maximum atomic E-state index is 11.3. The molecule has 1 rings (SSSR count). The Morgan fingerprint density at radius 2 is 1.72 bits per heavy atom. The van der Waals surface area contributed by atoms with Gasteiger partial charge in [-0.1, -0.05) is 35.0 Å². The second-order valence-corrected chi connectivity index (χ2v) is 5.10. The molecule has 0 bridgehead atoms. The van der Waals surface area contributed by atoms with Crippen LogP contribution in [0.2, 0.25) is 0 Å². The predicted octanol–water partition coefficient (Wildman–Crippen LogP) is 3.67. The molecule has 0 atom stereocenters. The molecule has 0 heterocycles. The van der Waals surface area contributed by atoms with Crippen LogP contribution in [0.4, 0.5) is 4.79 Å². The van der Waals surface area contributed by atoms with Crippen molar-refractivity contribution in [1.29, 1.82) is 0 Å². The summed E-state index contributed by atoms with van der Waals surface area (Å²) in [5, 5.41) is 3.75. The van der Waals surface area contributed by atoms with Crippen LogP contribution >= 0.6 is 0 Å². The fourth-order valence-corrected chi connectivity index (χ4v) is 1.22. The van der Waals surface area contributed by atoms with Gasteiger partial charge in [0.2, 0.25) is 0 Å². The fourth-order valence-electron chi connectivity index (χ4n) is 1.22. The number of ether oxygens (including phenoxy) is 1. The third-order valence-electron chi connectivity index (χ3n) is 2.12. The molecule has 0 aliphatic heterocycles. The number of nitrogens with zero attached hydrogens (tertiary/aromatic N) is 1. The number of carbonyl (C=O) groups excluding carboxylic acids is 1. The molecule has 0 amide bonds. The molecule has 0 radical (unpaired) electrons. The Morgan fingerprint density at radius 3 is 2.22 bits per heavy atom. The highest BCUT2D eigenvalue weighted by atomic mass is 16.8. The van der Waals surface area contributed by atoms with Crippen LogP contribution < -0.4 is 0 Å². The van der Waals surface area contributed by atoms with Gasteiger partial charge in [0, 0.05) is 0 Å². The molecule has 0 aromatic heterocycles. The maximum absolute atomic E-state index is 11.3. The normalized spacial score (nSPS) is 12.2. The number of rotatable bonds is 2. The second-order valence-electron chi connectivity index (χ2n) is 5.10. The summed E-state index contributed by atoms with van der Waals surface area (Å²) in [6.45, 7) is 9.09. The quantitative estimate of drug-likeness (QED) is 0.348. The van der Waals surface area contributed by atoms with E-state index in [2.05, 4.69) is 5.16 Å². The Labute approximate surface area is 108 Å². The molecule has 4 heteroatoms. The molecule has 0 fully saturated rings. The maximum Gasteiger partial charge on any atom is 0.535 e. The van der Waals surface area contributed by atoms with E-state index in [-0.39, 0.29) is 0 Å². The molecule has 0 saturated carbocycles. The largest absolute Gasteiger partial charge is 0.535 e. The minimum absolute atomic E-state index is 0.579. The van der Waals surface area contributed by atoms with Crippen molar-refractivity contribution in [3.63, 3.8) is 0 Å². The van der Waals surface area contributed by atoms with Crippen LogP contribution in [-0.4, -0.2) is 17.5 Å². The number of hydrogen-bond donors (Lipinski definition) is 0. The van der Waals surface area contributed by atoms with Gasteiger partial charge < -0.3 is 4.74 Å². The molecule has 4 nitrogen and oxygen atoms in total. The van der Waals surface area contributed by atoms with E-state index in [1.165, 1.54) is 5.56 Å². The van der Waals surface area contributed by atoms with Gasteiger partial charge in [-0.2, -0.15) is 0 Å². The summed E-state index contributed by atoms with van der Waals surface area (Å²) < 4.78 is 4.97. The summed E-state index contributed by atoms with van der Waals surface area (Å²) in [4.78, 5) is 16.0. The van der Waals surface area contributed by atoms with E-state index < -0.39 is 11.8 Å². The average Bonchev–Trinajstić information content (AvgIpc) is 2.24. The van der Waals surface area contributed by atoms with Gasteiger partial charge in [0.25, 0.3) is 0 Å². The van der Waals surface area contributed by atoms with Crippen molar-refractivity contribution in [3.8, 4) is 0 Å². The fraction of sp³-hybridized carbons (Fsp3) is 0.429. The lowest BCUT2D eigenvalue weighted by atomic mass is 10.1. The Morgan fingerprint density at radius 1 is 1.17 bits per heavy atom. The summed E-state index contributed by atoms with van der Waals surface area (Å²) in [5.41, 5.74) is 2.12. The highest BCUT2D eigenvalue weighted by Crippen LogP contribution is 2.09. The topological polar surface area (TPSA) is 47.9 Å². The molecule has 1 aromatic carbocycles. The van der Waals surface area contributed by atoms with Gasteiger partial charge in [-0.05, 0) is 40.2 Å². The molecule has 18 heavy (non-hydrogen) atoms. The number of oxime groups is 1. The van der Waals surface area contributed by atoms with Gasteiger partial charge in [-0.15, -0.1) is 0 Å². The van der Waals surface area contributed by atoms with E-state index in [9.17, 15) is 4.79 Å². The zero-order chi connectivity index (χ0) is 13.8. The molecule has 1 aromatic rings. The Bertz CT molecular complexity index is 441. The SMILES string of the molecule is C/C(=N\OC(=O)OC(C)(C)C)c1ccc(C)cc1. The number of carbonyl (C=O) groups is 1. The van der Waals surface area contributed by atoms with Crippen LogP contribution in [-0.2, 0) is 9.57 Å². The van der Waals surface area contributed by atoms with Crippen molar-refractivity contribution in [2.24, 2.45) is 5.16 Å². The Balaban J connectivity index is 2.62. The Kier molecular flexibility index (Phi) is 4.48. The van der Waals surface area contributed by atoms with Crippen molar-refractivity contribution in [3.05, 3.63) is 35.4 Å². The van der Waals surface area contributed by atoms with Crippen LogP contribution in [0.25, 0.3) is 0 Å². The van der Waals surface area contributed by atoms with Crippen molar-refractivity contribution < 1.29 is 14.4 Å². The third-order valence-corrected chi connectivity index (χ3v) is 2.12. The van der Waals surface area contributed by atoms with E-state index in [0.29, 0.717) is 5.71 Å². The van der Waals surface area contributed by atoms with Crippen LogP contribution in [0.3, 0.4) is 0 Å². The van der Waals surface area contributed by atoms with E-state index in [0.717, 1.165) is 5.56 Å². The van der Waals surface area contributed by atoms with Gasteiger partial charge in [-0.25, -0.2) is 4.79 Å². The molecule has 0 unspecified atom stereocenters. The van der Waals surface area contributed by atoms with E-state index in [1.54, 1.807) is 27.7 Å². The van der Waals surface area contributed by atoms with Crippen molar-refractivity contribution in [2.45, 2.75) is 40.2 Å². The lowest BCUT2D eigenvalue weighted by molar-refractivity contribution is -0.00620. The van der Waals surface area contributed by atoms with Crippen LogP contribution in [0.1, 0.15) is 38.8 Å². The third kappa shape index (κ3) is 4.99. The lowest BCUT2D eigenvalue weighted by Crippen LogP contribution is -2.23. The lowest BCUT2D eigenvalue weighted by Gasteiger charge is -2.17. The second kappa shape index (κ2) is 5.67. The Hall–Kier alpha value is -1.84. The van der Waals surface area contributed by atoms with Gasteiger partial charge in [0.1, 0.15) is 5.60 Å². The molecule has 0 N–H and O–H groups in total. The summed E-state index contributed by atoms with van der Waals surface area (Å²) in [6, 6.07) is 7.79. The molecule has 0 aliphatic rings. The molecular formula is C14H19NO3. The number of aryl methyl sites for hydroxylation is 1. The molecule has 0 aliphatic carbocycles. The smallest absolute Gasteiger partial charge is 0.427 e. The highest BCUT2D eigenvalue weighted by molar-refractivity contribution is 5.98. The van der Waals surface area contributed by atoms with Crippen LogP contribution in [0.5, 0.6) is 0 Å². The van der Waals surface area contributed by atoms with Crippen LogP contribution in [0.15, 0.2) is 29.4 Å². The van der Waals surface area contributed by atoms with Crippen LogP contribution in [0, 0.1) is 6.92 Å². The van der Waals surface area contributed by atoms with E-state index in [4.69, 9.17) is 9.57 Å². The molecule has 0 saturated heterocycles. The zero-order valence-corrected chi connectivity index (χ0v) is 11.5. The summed E-state index contributed by atoms with van der Waals surface area (Å²) in [6.07, 6.45) is -0.797. The summed E-state index contributed by atoms with van der Waals surface area (Å²) >= 11 is 0. The van der Waals surface area contributed by atoms with Crippen molar-refractivity contribution >= 4 is 11.9 Å². The van der Waals surface area contributed by atoms with Gasteiger partial charge in [-0.3, -0.25) is 4.84 Å². The monoisotopic (exact) mass is 249 g/mol. The number of hydrogen-bond acceptors (Lipinski definition) is 4. The predicted molar refractivity (Wildman–Crippen MR) is 70.7 cm³/mol. The first kappa shape index (κ1) is 14.2. The first-order valence-corrected chi connectivity index (χ1v) is 5.79. The minimum Gasteiger partial charge on any atom is -0.427 e. The highest BCUT2D eigenvalue weighted by Gasteiger charge is 2.17. The summed E-state index contributed by atoms with van der Waals surface area (Å²) in [7, 11) is 0. The van der Waals surface area contributed by atoms with Crippen molar-refractivity contribution in [2.75, 3.05) is 0 Å². The van der Waals surface area contributed by atoms with Gasteiger partial charge >= 0.3 is 6.16 Å². The van der Waals surface area contributed by atoms with Gasteiger partial charge in [0.15, 0.2) is 0 Å².